The van der Waals surface area contributed by atoms with Crippen molar-refractivity contribution in [2.75, 3.05) is 25.6 Å². The number of methoxy groups -OCH3 is 1. The van der Waals surface area contributed by atoms with Gasteiger partial charge in [-0.1, -0.05) is 18.2 Å². The first-order valence-corrected chi connectivity index (χ1v) is 11.7. The molecule has 1 aliphatic rings. The van der Waals surface area contributed by atoms with Gasteiger partial charge in [0, 0.05) is 18.8 Å². The molecule has 0 atom stereocenters. The number of nitrogens with zero attached hydrogens (tertiary/aromatic N) is 1. The molecule has 0 aromatic heterocycles. The van der Waals surface area contributed by atoms with Crippen LogP contribution in [0.25, 0.3) is 0 Å². The van der Waals surface area contributed by atoms with Crippen molar-refractivity contribution in [1.82, 2.24) is 4.31 Å². The molecule has 1 N–H and O–H groups in total. The SMILES string of the molecule is COc1ccc(S(=O)(=O)N2CCc3ccc(NC(=O)COc4ccccc4F)cc3C2)cc1. The number of fused-ring (bicyclic) bond motifs is 1. The maximum Gasteiger partial charge on any atom is 0.262 e. The van der Waals surface area contributed by atoms with Crippen LogP contribution in [0, 0.1) is 5.82 Å². The van der Waals surface area contributed by atoms with Crippen molar-refractivity contribution in [3.8, 4) is 11.5 Å². The molecular weight excluding hydrogens is 447 g/mol. The van der Waals surface area contributed by atoms with E-state index in [1.54, 1.807) is 30.3 Å². The minimum absolute atomic E-state index is 0.00234. The van der Waals surface area contributed by atoms with Crippen molar-refractivity contribution < 1.29 is 27.1 Å². The van der Waals surface area contributed by atoms with Crippen molar-refractivity contribution in [2.45, 2.75) is 17.9 Å². The van der Waals surface area contributed by atoms with E-state index in [2.05, 4.69) is 5.32 Å². The van der Waals surface area contributed by atoms with E-state index in [4.69, 9.17) is 9.47 Å². The van der Waals surface area contributed by atoms with Crippen LogP contribution in [-0.2, 0) is 27.8 Å². The molecule has 3 aromatic rings. The Balaban J connectivity index is 1.43. The van der Waals surface area contributed by atoms with E-state index in [1.807, 2.05) is 6.07 Å². The fourth-order valence-corrected chi connectivity index (χ4v) is 5.03. The molecule has 172 valence electrons. The minimum Gasteiger partial charge on any atom is -0.497 e. The molecule has 0 spiro atoms. The number of nitrogens with one attached hydrogen (secondary N) is 1. The first-order chi connectivity index (χ1) is 15.9. The quantitative estimate of drug-likeness (QED) is 0.570. The molecule has 4 rings (SSSR count). The van der Waals surface area contributed by atoms with Gasteiger partial charge >= 0.3 is 0 Å². The van der Waals surface area contributed by atoms with E-state index < -0.39 is 21.7 Å². The molecule has 0 saturated heterocycles. The molecule has 1 aliphatic heterocycles. The summed E-state index contributed by atoms with van der Waals surface area (Å²) in [6.07, 6.45) is 0.565. The van der Waals surface area contributed by atoms with Crippen molar-refractivity contribution in [1.29, 1.82) is 0 Å². The van der Waals surface area contributed by atoms with Gasteiger partial charge in [0.25, 0.3) is 5.91 Å². The predicted octanol–water partition coefficient (Wildman–Crippen LogP) is 3.60. The zero-order valence-electron chi connectivity index (χ0n) is 18.0. The monoisotopic (exact) mass is 470 g/mol. The maximum atomic E-state index is 13.6. The fourth-order valence-electron chi connectivity index (χ4n) is 3.61. The molecule has 0 unspecified atom stereocenters. The summed E-state index contributed by atoms with van der Waals surface area (Å²) in [5.41, 5.74) is 2.35. The summed E-state index contributed by atoms with van der Waals surface area (Å²) >= 11 is 0. The molecule has 9 heteroatoms. The fraction of sp³-hybridized carbons (Fsp3) is 0.208. The molecule has 0 bridgehead atoms. The second-order valence-corrected chi connectivity index (χ2v) is 9.45. The first-order valence-electron chi connectivity index (χ1n) is 10.3. The third-order valence-electron chi connectivity index (χ3n) is 5.36. The van der Waals surface area contributed by atoms with Crippen LogP contribution in [-0.4, -0.2) is 38.9 Å². The van der Waals surface area contributed by atoms with E-state index in [0.29, 0.717) is 24.4 Å². The second-order valence-electron chi connectivity index (χ2n) is 7.51. The Hall–Kier alpha value is -3.43. The van der Waals surface area contributed by atoms with Crippen LogP contribution in [0.5, 0.6) is 11.5 Å². The normalized spacial score (nSPS) is 13.8. The summed E-state index contributed by atoms with van der Waals surface area (Å²) in [7, 11) is -2.15. The number of para-hydroxylation sites is 1. The van der Waals surface area contributed by atoms with Gasteiger partial charge in [-0.15, -0.1) is 0 Å². The van der Waals surface area contributed by atoms with Gasteiger partial charge in [0.2, 0.25) is 10.0 Å². The van der Waals surface area contributed by atoms with E-state index in [-0.39, 0.29) is 23.8 Å². The zero-order valence-corrected chi connectivity index (χ0v) is 18.8. The zero-order chi connectivity index (χ0) is 23.4. The summed E-state index contributed by atoms with van der Waals surface area (Å²) < 4.78 is 51.5. The lowest BCUT2D eigenvalue weighted by Crippen LogP contribution is -2.36. The number of hydrogen-bond acceptors (Lipinski definition) is 5. The lowest BCUT2D eigenvalue weighted by Gasteiger charge is -2.28. The van der Waals surface area contributed by atoms with Gasteiger partial charge in [0.15, 0.2) is 18.2 Å². The average Bonchev–Trinajstić information content (AvgIpc) is 2.83. The van der Waals surface area contributed by atoms with Crippen molar-refractivity contribution in [3.05, 3.63) is 83.7 Å². The molecule has 7 nitrogen and oxygen atoms in total. The molecular formula is C24H23FN2O5S. The highest BCUT2D eigenvalue weighted by atomic mass is 32.2. The Morgan fingerprint density at radius 3 is 2.55 bits per heavy atom. The van der Waals surface area contributed by atoms with E-state index in [0.717, 1.165) is 11.1 Å². The van der Waals surface area contributed by atoms with Gasteiger partial charge in [0.05, 0.1) is 12.0 Å². The third kappa shape index (κ3) is 5.15. The van der Waals surface area contributed by atoms with Crippen LogP contribution in [0.15, 0.2) is 71.6 Å². The number of carbonyl (C=O) groups excluding carboxylic acids is 1. The smallest absolute Gasteiger partial charge is 0.262 e. The van der Waals surface area contributed by atoms with Gasteiger partial charge in [-0.3, -0.25) is 4.79 Å². The molecule has 3 aromatic carbocycles. The number of sulfonamides is 1. The van der Waals surface area contributed by atoms with E-state index in [9.17, 15) is 17.6 Å². The van der Waals surface area contributed by atoms with Crippen LogP contribution in [0.3, 0.4) is 0 Å². The number of anilines is 1. The molecule has 0 aliphatic carbocycles. The first kappa shape index (κ1) is 22.8. The summed E-state index contributed by atoms with van der Waals surface area (Å²) in [4.78, 5) is 12.4. The van der Waals surface area contributed by atoms with Crippen LogP contribution in [0.2, 0.25) is 0 Å². The highest BCUT2D eigenvalue weighted by Crippen LogP contribution is 2.28. The van der Waals surface area contributed by atoms with Gasteiger partial charge in [-0.05, 0) is 66.1 Å². The van der Waals surface area contributed by atoms with Crippen LogP contribution in [0.1, 0.15) is 11.1 Å². The number of hydrogen-bond donors (Lipinski definition) is 1. The third-order valence-corrected chi connectivity index (χ3v) is 7.22. The molecule has 0 radical (unpaired) electrons. The Morgan fingerprint density at radius 2 is 1.82 bits per heavy atom. The van der Waals surface area contributed by atoms with Crippen LogP contribution < -0.4 is 14.8 Å². The minimum atomic E-state index is -3.67. The van der Waals surface area contributed by atoms with Crippen LogP contribution >= 0.6 is 0 Å². The Kier molecular flexibility index (Phi) is 6.62. The number of benzene rings is 3. The molecule has 1 heterocycles. The highest BCUT2D eigenvalue weighted by Gasteiger charge is 2.28. The average molecular weight is 471 g/mol. The Labute approximate surface area is 191 Å². The topological polar surface area (TPSA) is 84.9 Å². The van der Waals surface area contributed by atoms with Gasteiger partial charge < -0.3 is 14.8 Å². The Bertz CT molecular complexity index is 1260. The highest BCUT2D eigenvalue weighted by molar-refractivity contribution is 7.89. The van der Waals surface area contributed by atoms with E-state index >= 15 is 0 Å². The predicted molar refractivity (Wildman–Crippen MR) is 121 cm³/mol. The second kappa shape index (κ2) is 9.60. The van der Waals surface area contributed by atoms with Gasteiger partial charge in [-0.25, -0.2) is 12.8 Å². The molecule has 0 saturated carbocycles. The van der Waals surface area contributed by atoms with Crippen molar-refractivity contribution in [3.63, 3.8) is 0 Å². The van der Waals surface area contributed by atoms with Gasteiger partial charge in [0.1, 0.15) is 5.75 Å². The van der Waals surface area contributed by atoms with E-state index in [1.165, 1.54) is 41.7 Å². The van der Waals surface area contributed by atoms with Crippen LogP contribution in [0.4, 0.5) is 10.1 Å². The summed E-state index contributed by atoms with van der Waals surface area (Å²) in [5.74, 6) is -0.413. The van der Waals surface area contributed by atoms with Crippen molar-refractivity contribution >= 4 is 21.6 Å². The number of carbonyl (C=O) groups is 1. The standard InChI is InChI=1S/C24H23FN2O5S/c1-31-20-8-10-21(11-9-20)33(29,30)27-13-12-17-6-7-19(14-18(17)15-27)26-24(28)16-32-23-5-3-2-4-22(23)25/h2-11,14H,12-13,15-16H2,1H3,(H,26,28). The lowest BCUT2D eigenvalue weighted by atomic mass is 10.0. The number of amides is 1. The number of rotatable bonds is 7. The molecule has 33 heavy (non-hydrogen) atoms. The lowest BCUT2D eigenvalue weighted by molar-refractivity contribution is -0.118. The molecule has 1 amide bonds. The molecule has 0 fully saturated rings. The maximum absolute atomic E-state index is 13.6. The number of halogens is 1. The summed E-state index contributed by atoms with van der Waals surface area (Å²) in [6.45, 7) is 0.207. The largest absolute Gasteiger partial charge is 0.497 e. The summed E-state index contributed by atoms with van der Waals surface area (Å²) in [6, 6.07) is 17.5. The summed E-state index contributed by atoms with van der Waals surface area (Å²) in [5, 5.41) is 2.71. The Morgan fingerprint density at radius 1 is 1.06 bits per heavy atom. The number of ether oxygens (including phenoxy) is 2. The van der Waals surface area contributed by atoms with Crippen molar-refractivity contribution in [2.24, 2.45) is 0 Å². The van der Waals surface area contributed by atoms with Gasteiger partial charge in [-0.2, -0.15) is 4.31 Å².